The zero-order valence-corrected chi connectivity index (χ0v) is 12.6. The third kappa shape index (κ3) is 6.54. The third-order valence-electron chi connectivity index (χ3n) is 3.39. The minimum atomic E-state index is -4.44. The lowest BCUT2D eigenvalue weighted by molar-refractivity contribution is -0.178. The van der Waals surface area contributed by atoms with Crippen LogP contribution in [-0.4, -0.2) is 54.4 Å². The van der Waals surface area contributed by atoms with E-state index in [0.717, 1.165) is 18.4 Å². The van der Waals surface area contributed by atoms with Crippen molar-refractivity contribution in [3.63, 3.8) is 0 Å². The molecule has 2 rings (SSSR count). The molecule has 0 aliphatic carbocycles. The van der Waals surface area contributed by atoms with Gasteiger partial charge in [0, 0.05) is 32.1 Å². The van der Waals surface area contributed by atoms with Crippen LogP contribution < -0.4 is 0 Å². The summed E-state index contributed by atoms with van der Waals surface area (Å²) in [5.74, 6) is -0.492. The topological polar surface area (TPSA) is 51.7 Å². The number of carbonyl (C=O) groups excluding carboxylic acids is 1. The summed E-state index contributed by atoms with van der Waals surface area (Å²) in [6.07, 6.45) is 0.459. The first-order valence-electron chi connectivity index (χ1n) is 7.37. The first-order valence-corrected chi connectivity index (χ1v) is 7.37. The minimum Gasteiger partial charge on any atom is -0.376 e. The van der Waals surface area contributed by atoms with Gasteiger partial charge >= 0.3 is 6.18 Å². The fraction of sp³-hybridized carbons (Fsp3) is 0.600. The van der Waals surface area contributed by atoms with Gasteiger partial charge in [-0.2, -0.15) is 13.2 Å². The lowest BCUT2D eigenvalue weighted by Crippen LogP contribution is -2.39. The minimum absolute atomic E-state index is 0.0850. The van der Waals surface area contributed by atoms with Crippen LogP contribution in [0.1, 0.15) is 18.4 Å². The molecule has 1 saturated heterocycles. The highest BCUT2D eigenvalue weighted by molar-refractivity contribution is 5.77. The van der Waals surface area contributed by atoms with E-state index in [1.165, 1.54) is 4.90 Å². The van der Waals surface area contributed by atoms with Gasteiger partial charge in [0.25, 0.3) is 0 Å². The maximum absolute atomic E-state index is 12.2. The fourth-order valence-corrected chi connectivity index (χ4v) is 2.35. The maximum atomic E-state index is 12.2. The fourth-order valence-electron chi connectivity index (χ4n) is 2.35. The summed E-state index contributed by atoms with van der Waals surface area (Å²) in [7, 11) is 0. The van der Waals surface area contributed by atoms with Gasteiger partial charge in [-0.15, -0.1) is 0 Å². The number of rotatable bonds is 7. The zero-order valence-electron chi connectivity index (χ0n) is 12.6. The number of amides is 1. The highest BCUT2D eigenvalue weighted by atomic mass is 19.4. The molecule has 1 atom stereocenters. The van der Waals surface area contributed by atoms with Crippen LogP contribution in [0.3, 0.4) is 0 Å². The van der Waals surface area contributed by atoms with Crippen LogP contribution >= 0.6 is 0 Å². The van der Waals surface area contributed by atoms with Crippen molar-refractivity contribution in [3.8, 4) is 0 Å². The first-order chi connectivity index (χ1) is 10.9. The van der Waals surface area contributed by atoms with Crippen molar-refractivity contribution in [3.05, 3.63) is 30.1 Å². The Bertz CT molecular complexity index is 490. The molecule has 0 N–H and O–H groups in total. The molecule has 0 radical (unpaired) electrons. The average molecular weight is 332 g/mol. The highest BCUT2D eigenvalue weighted by Crippen LogP contribution is 2.16. The first kappa shape index (κ1) is 17.7. The largest absolute Gasteiger partial charge is 0.411 e. The predicted molar refractivity (Wildman–Crippen MR) is 75.5 cm³/mol. The standard InChI is InChI=1S/C15H19F3N2O3/c16-15(17,18)11-22-10-14(21)20(9-13-4-2-6-23-13)8-12-3-1-5-19-7-12/h1,3,5,7,13H,2,4,6,8-11H2. The lowest BCUT2D eigenvalue weighted by atomic mass is 10.2. The molecule has 1 aliphatic heterocycles. The number of hydrogen-bond acceptors (Lipinski definition) is 4. The second kappa shape index (κ2) is 8.26. The van der Waals surface area contributed by atoms with E-state index in [0.29, 0.717) is 13.2 Å². The van der Waals surface area contributed by atoms with Crippen LogP contribution in [0.5, 0.6) is 0 Å². The van der Waals surface area contributed by atoms with Gasteiger partial charge in [-0.05, 0) is 24.5 Å². The molecular formula is C15H19F3N2O3. The van der Waals surface area contributed by atoms with E-state index in [9.17, 15) is 18.0 Å². The Kier molecular flexibility index (Phi) is 6.35. The molecular weight excluding hydrogens is 313 g/mol. The van der Waals surface area contributed by atoms with Crippen molar-refractivity contribution in [2.75, 3.05) is 26.4 Å². The summed E-state index contributed by atoms with van der Waals surface area (Å²) in [5, 5.41) is 0. The molecule has 0 spiro atoms. The number of alkyl halides is 3. The Morgan fingerprint density at radius 1 is 1.48 bits per heavy atom. The molecule has 0 saturated carbocycles. The number of ether oxygens (including phenoxy) is 2. The van der Waals surface area contributed by atoms with E-state index in [1.54, 1.807) is 24.5 Å². The molecule has 1 aromatic rings. The molecule has 1 aliphatic rings. The summed E-state index contributed by atoms with van der Waals surface area (Å²) in [6.45, 7) is -0.791. The van der Waals surface area contributed by atoms with Gasteiger partial charge in [0.1, 0.15) is 13.2 Å². The molecule has 1 aromatic heterocycles. The molecule has 128 valence electrons. The summed E-state index contributed by atoms with van der Waals surface area (Å²) < 4.78 is 46.3. The van der Waals surface area contributed by atoms with Gasteiger partial charge in [-0.1, -0.05) is 6.07 Å². The van der Waals surface area contributed by atoms with Crippen molar-refractivity contribution < 1.29 is 27.4 Å². The maximum Gasteiger partial charge on any atom is 0.411 e. The zero-order chi connectivity index (χ0) is 16.7. The van der Waals surface area contributed by atoms with E-state index < -0.39 is 25.3 Å². The molecule has 0 bridgehead atoms. The summed E-state index contributed by atoms with van der Waals surface area (Å²) in [6, 6.07) is 3.55. The SMILES string of the molecule is O=C(COCC(F)(F)F)N(Cc1cccnc1)CC1CCCO1. The number of hydrogen-bond donors (Lipinski definition) is 0. The van der Waals surface area contributed by atoms with Crippen molar-refractivity contribution >= 4 is 5.91 Å². The van der Waals surface area contributed by atoms with Gasteiger partial charge in [-0.25, -0.2) is 0 Å². The van der Waals surface area contributed by atoms with Crippen molar-refractivity contribution in [1.82, 2.24) is 9.88 Å². The molecule has 0 aromatic carbocycles. The van der Waals surface area contributed by atoms with Crippen LogP contribution in [0.25, 0.3) is 0 Å². The van der Waals surface area contributed by atoms with Crippen molar-refractivity contribution in [2.24, 2.45) is 0 Å². The second-order valence-corrected chi connectivity index (χ2v) is 5.38. The molecule has 1 amide bonds. The summed E-state index contributed by atoms with van der Waals surface area (Å²) in [4.78, 5) is 17.6. The highest BCUT2D eigenvalue weighted by Gasteiger charge is 2.29. The van der Waals surface area contributed by atoms with Gasteiger partial charge < -0.3 is 14.4 Å². The third-order valence-corrected chi connectivity index (χ3v) is 3.39. The van der Waals surface area contributed by atoms with Gasteiger partial charge in [-0.3, -0.25) is 9.78 Å². The van der Waals surface area contributed by atoms with Crippen molar-refractivity contribution in [1.29, 1.82) is 0 Å². The van der Waals surface area contributed by atoms with Crippen LogP contribution in [-0.2, 0) is 20.8 Å². The van der Waals surface area contributed by atoms with E-state index in [2.05, 4.69) is 9.72 Å². The molecule has 5 nitrogen and oxygen atoms in total. The normalized spacial score (nSPS) is 18.1. The van der Waals surface area contributed by atoms with Gasteiger partial charge in [0.15, 0.2) is 0 Å². The quantitative estimate of drug-likeness (QED) is 0.768. The van der Waals surface area contributed by atoms with E-state index in [-0.39, 0.29) is 12.6 Å². The smallest absolute Gasteiger partial charge is 0.376 e. The van der Waals surface area contributed by atoms with Crippen molar-refractivity contribution in [2.45, 2.75) is 31.7 Å². The van der Waals surface area contributed by atoms with Gasteiger partial charge in [0.2, 0.25) is 5.91 Å². The van der Waals surface area contributed by atoms with Crippen LogP contribution in [0.15, 0.2) is 24.5 Å². The number of carbonyl (C=O) groups is 1. The molecule has 8 heteroatoms. The average Bonchev–Trinajstić information content (AvgIpc) is 2.99. The monoisotopic (exact) mass is 332 g/mol. The number of pyridine rings is 1. The number of aromatic nitrogens is 1. The summed E-state index contributed by atoms with van der Waals surface area (Å²) in [5.41, 5.74) is 0.801. The van der Waals surface area contributed by atoms with Gasteiger partial charge in [0.05, 0.1) is 6.10 Å². The Morgan fingerprint density at radius 3 is 2.91 bits per heavy atom. The van der Waals surface area contributed by atoms with E-state index >= 15 is 0 Å². The van der Waals surface area contributed by atoms with Crippen LogP contribution in [0.2, 0.25) is 0 Å². The van der Waals surface area contributed by atoms with E-state index in [4.69, 9.17) is 4.74 Å². The lowest BCUT2D eigenvalue weighted by Gasteiger charge is -2.25. The predicted octanol–water partition coefficient (Wildman–Crippen LogP) is 2.17. The summed E-state index contributed by atoms with van der Waals surface area (Å²) >= 11 is 0. The number of halogens is 3. The molecule has 1 fully saturated rings. The molecule has 23 heavy (non-hydrogen) atoms. The van der Waals surface area contributed by atoms with E-state index in [1.807, 2.05) is 0 Å². The molecule has 2 heterocycles. The van der Waals surface area contributed by atoms with Crippen LogP contribution in [0.4, 0.5) is 13.2 Å². The Hall–Kier alpha value is -1.67. The molecule has 1 unspecified atom stereocenters. The Balaban J connectivity index is 1.92. The second-order valence-electron chi connectivity index (χ2n) is 5.38. The van der Waals surface area contributed by atoms with Crippen LogP contribution in [0, 0.1) is 0 Å². The number of nitrogens with zero attached hydrogens (tertiary/aromatic N) is 2. The Morgan fingerprint density at radius 2 is 2.30 bits per heavy atom. The Labute approximate surface area is 132 Å².